The van der Waals surface area contributed by atoms with Crippen LogP contribution in [0.5, 0.6) is 11.5 Å². The molecule has 0 aromatic heterocycles. The highest BCUT2D eigenvalue weighted by molar-refractivity contribution is 5.88. The lowest BCUT2D eigenvalue weighted by molar-refractivity contribution is -0.114. The first kappa shape index (κ1) is 20.8. The molecular weight excluding hydrogens is 344 g/mol. The van der Waals surface area contributed by atoms with Crippen LogP contribution in [0.4, 0.5) is 5.69 Å². The van der Waals surface area contributed by atoms with Gasteiger partial charge in [0.25, 0.3) is 0 Å². The van der Waals surface area contributed by atoms with E-state index in [4.69, 9.17) is 4.74 Å². The van der Waals surface area contributed by atoms with Crippen molar-refractivity contribution in [3.63, 3.8) is 0 Å². The third kappa shape index (κ3) is 7.43. The van der Waals surface area contributed by atoms with Crippen LogP contribution in [-0.4, -0.2) is 35.8 Å². The molecule has 7 heteroatoms. The Labute approximate surface area is 153 Å². The van der Waals surface area contributed by atoms with Crippen molar-refractivity contribution < 1.29 is 19.7 Å². The first-order chi connectivity index (χ1) is 11.5. The zero-order valence-electron chi connectivity index (χ0n) is 13.9. The SMILES string of the molecule is CC(=O)Nc1ccc(OCCNCC(O)c2ccc(O)cc2)cc1.Cl. The molecule has 0 aliphatic heterocycles. The average molecular weight is 367 g/mol. The van der Waals surface area contributed by atoms with Gasteiger partial charge in [-0.05, 0) is 42.0 Å². The molecule has 0 radical (unpaired) electrons. The van der Waals surface area contributed by atoms with Gasteiger partial charge in [-0.1, -0.05) is 12.1 Å². The minimum Gasteiger partial charge on any atom is -0.508 e. The Morgan fingerprint density at radius 2 is 1.76 bits per heavy atom. The Morgan fingerprint density at radius 3 is 2.36 bits per heavy atom. The van der Waals surface area contributed by atoms with Crippen LogP contribution in [0, 0.1) is 0 Å². The van der Waals surface area contributed by atoms with E-state index in [1.54, 1.807) is 48.5 Å². The zero-order chi connectivity index (χ0) is 17.4. The summed E-state index contributed by atoms with van der Waals surface area (Å²) in [6.45, 7) is 2.91. The normalized spacial score (nSPS) is 11.3. The largest absolute Gasteiger partial charge is 0.508 e. The molecule has 0 spiro atoms. The third-order valence-corrected chi connectivity index (χ3v) is 3.34. The molecule has 25 heavy (non-hydrogen) atoms. The number of ether oxygens (including phenoxy) is 1. The number of halogens is 1. The number of carbonyl (C=O) groups excluding carboxylic acids is 1. The van der Waals surface area contributed by atoms with E-state index in [2.05, 4.69) is 10.6 Å². The monoisotopic (exact) mass is 366 g/mol. The van der Waals surface area contributed by atoms with Crippen LogP contribution in [-0.2, 0) is 4.79 Å². The molecule has 1 amide bonds. The molecule has 4 N–H and O–H groups in total. The minimum atomic E-state index is -0.637. The number of phenolic OH excluding ortho intramolecular Hbond substituents is 1. The van der Waals surface area contributed by atoms with E-state index in [1.807, 2.05) is 0 Å². The fraction of sp³-hybridized carbons (Fsp3) is 0.278. The third-order valence-electron chi connectivity index (χ3n) is 3.34. The van der Waals surface area contributed by atoms with E-state index < -0.39 is 6.10 Å². The lowest BCUT2D eigenvalue weighted by atomic mass is 10.1. The molecule has 136 valence electrons. The standard InChI is InChI=1S/C18H22N2O4.ClH/c1-13(21)20-15-4-8-17(9-5-15)24-11-10-19-12-18(23)14-2-6-16(22)7-3-14;/h2-9,18-19,22-23H,10-12H2,1H3,(H,20,21);1H. The quantitative estimate of drug-likeness (QED) is 0.539. The molecule has 2 rings (SSSR count). The summed E-state index contributed by atoms with van der Waals surface area (Å²) in [6, 6.07) is 13.6. The molecule has 0 heterocycles. The van der Waals surface area contributed by atoms with Crippen molar-refractivity contribution in [3.05, 3.63) is 54.1 Å². The van der Waals surface area contributed by atoms with Gasteiger partial charge in [0.05, 0.1) is 6.10 Å². The number of amides is 1. The lowest BCUT2D eigenvalue weighted by Gasteiger charge is -2.13. The van der Waals surface area contributed by atoms with Crippen LogP contribution in [0.3, 0.4) is 0 Å². The molecule has 1 unspecified atom stereocenters. The molecule has 0 bridgehead atoms. The molecular formula is C18H23ClN2O4. The van der Waals surface area contributed by atoms with Crippen LogP contribution in [0.2, 0.25) is 0 Å². The van der Waals surface area contributed by atoms with Crippen molar-refractivity contribution in [2.24, 2.45) is 0 Å². The Bertz CT molecular complexity index is 647. The number of aliphatic hydroxyl groups excluding tert-OH is 1. The second-order valence-electron chi connectivity index (χ2n) is 5.37. The summed E-state index contributed by atoms with van der Waals surface area (Å²) in [6.07, 6.45) is -0.637. The second-order valence-corrected chi connectivity index (χ2v) is 5.37. The predicted octanol–water partition coefficient (Wildman–Crippen LogP) is 2.47. The van der Waals surface area contributed by atoms with Crippen molar-refractivity contribution in [3.8, 4) is 11.5 Å². The number of carbonyl (C=O) groups is 1. The zero-order valence-corrected chi connectivity index (χ0v) is 14.8. The van der Waals surface area contributed by atoms with E-state index in [0.717, 1.165) is 11.3 Å². The summed E-state index contributed by atoms with van der Waals surface area (Å²) in [5, 5.41) is 25.0. The maximum atomic E-state index is 10.9. The van der Waals surface area contributed by atoms with Gasteiger partial charge in [0.1, 0.15) is 18.1 Å². The highest BCUT2D eigenvalue weighted by Crippen LogP contribution is 2.16. The Morgan fingerprint density at radius 1 is 1.12 bits per heavy atom. The van der Waals surface area contributed by atoms with Crippen LogP contribution in [0.25, 0.3) is 0 Å². The van der Waals surface area contributed by atoms with Crippen LogP contribution < -0.4 is 15.4 Å². The van der Waals surface area contributed by atoms with Gasteiger partial charge in [-0.25, -0.2) is 0 Å². The Balaban J connectivity index is 0.00000312. The van der Waals surface area contributed by atoms with Gasteiger partial charge in [0.2, 0.25) is 5.91 Å². The summed E-state index contributed by atoms with van der Waals surface area (Å²) in [4.78, 5) is 10.9. The van der Waals surface area contributed by atoms with Crippen molar-refractivity contribution >= 4 is 24.0 Å². The molecule has 2 aromatic rings. The van der Waals surface area contributed by atoms with Crippen LogP contribution in [0.1, 0.15) is 18.6 Å². The summed E-state index contributed by atoms with van der Waals surface area (Å²) in [5.74, 6) is 0.780. The van der Waals surface area contributed by atoms with Crippen LogP contribution >= 0.6 is 12.4 Å². The van der Waals surface area contributed by atoms with Crippen molar-refractivity contribution in [1.82, 2.24) is 5.32 Å². The summed E-state index contributed by atoms with van der Waals surface area (Å²) < 4.78 is 5.58. The van der Waals surface area contributed by atoms with E-state index in [0.29, 0.717) is 25.4 Å². The molecule has 0 saturated heterocycles. The number of aromatic hydroxyl groups is 1. The summed E-state index contributed by atoms with van der Waals surface area (Å²) >= 11 is 0. The first-order valence-corrected chi connectivity index (χ1v) is 7.73. The highest BCUT2D eigenvalue weighted by Gasteiger charge is 2.06. The summed E-state index contributed by atoms with van der Waals surface area (Å²) in [5.41, 5.74) is 1.47. The van der Waals surface area contributed by atoms with Crippen molar-refractivity contribution in [1.29, 1.82) is 0 Å². The average Bonchev–Trinajstić information content (AvgIpc) is 2.56. The van der Waals surface area contributed by atoms with Gasteiger partial charge < -0.3 is 25.6 Å². The number of hydrogen-bond donors (Lipinski definition) is 4. The van der Waals surface area contributed by atoms with E-state index in [9.17, 15) is 15.0 Å². The highest BCUT2D eigenvalue weighted by atomic mass is 35.5. The van der Waals surface area contributed by atoms with Gasteiger partial charge >= 0.3 is 0 Å². The Hall–Kier alpha value is -2.28. The van der Waals surface area contributed by atoms with Gasteiger partial charge in [0, 0.05) is 25.7 Å². The molecule has 0 fully saturated rings. The minimum absolute atomic E-state index is 0. The number of benzene rings is 2. The number of nitrogens with one attached hydrogen (secondary N) is 2. The van der Waals surface area contributed by atoms with Crippen molar-refractivity contribution in [2.45, 2.75) is 13.0 Å². The molecule has 0 aliphatic carbocycles. The number of hydrogen-bond acceptors (Lipinski definition) is 5. The summed E-state index contributed by atoms with van der Waals surface area (Å²) in [7, 11) is 0. The van der Waals surface area contributed by atoms with E-state index in [-0.39, 0.29) is 24.1 Å². The number of anilines is 1. The predicted molar refractivity (Wildman–Crippen MR) is 99.4 cm³/mol. The van der Waals surface area contributed by atoms with E-state index in [1.165, 1.54) is 6.92 Å². The fourth-order valence-corrected chi connectivity index (χ4v) is 2.13. The van der Waals surface area contributed by atoms with Gasteiger partial charge in [0.15, 0.2) is 0 Å². The Kier molecular flexibility index (Phi) is 8.77. The smallest absolute Gasteiger partial charge is 0.221 e. The maximum Gasteiger partial charge on any atom is 0.221 e. The molecule has 0 aliphatic rings. The molecule has 0 saturated carbocycles. The molecule has 6 nitrogen and oxygen atoms in total. The maximum absolute atomic E-state index is 10.9. The van der Waals surface area contributed by atoms with Crippen LogP contribution in [0.15, 0.2) is 48.5 Å². The van der Waals surface area contributed by atoms with Gasteiger partial charge in [-0.2, -0.15) is 0 Å². The first-order valence-electron chi connectivity index (χ1n) is 7.73. The lowest BCUT2D eigenvalue weighted by Crippen LogP contribution is -2.26. The van der Waals surface area contributed by atoms with Gasteiger partial charge in [-0.3, -0.25) is 4.79 Å². The number of phenols is 1. The number of aliphatic hydroxyl groups is 1. The van der Waals surface area contributed by atoms with Crippen molar-refractivity contribution in [2.75, 3.05) is 25.0 Å². The molecule has 1 atom stereocenters. The van der Waals surface area contributed by atoms with Gasteiger partial charge in [-0.15, -0.1) is 12.4 Å². The topological polar surface area (TPSA) is 90.8 Å². The fourth-order valence-electron chi connectivity index (χ4n) is 2.13. The number of rotatable bonds is 8. The van der Waals surface area contributed by atoms with E-state index >= 15 is 0 Å². The second kappa shape index (κ2) is 10.6. The molecule has 2 aromatic carbocycles.